The highest BCUT2D eigenvalue weighted by Gasteiger charge is 2.20. The Morgan fingerprint density at radius 2 is 1.69 bits per heavy atom. The Kier molecular flexibility index (Phi) is 6.78. The highest BCUT2D eigenvalue weighted by Crippen LogP contribution is 2.26. The van der Waals surface area contributed by atoms with Crippen molar-refractivity contribution in [2.45, 2.75) is 39.2 Å². The van der Waals surface area contributed by atoms with Crippen molar-refractivity contribution in [3.63, 3.8) is 0 Å². The number of hydrogen-bond acceptors (Lipinski definition) is 4. The molecular formula is C21H25NO4. The van der Waals surface area contributed by atoms with Crippen LogP contribution in [0.2, 0.25) is 0 Å². The van der Waals surface area contributed by atoms with Gasteiger partial charge in [0, 0.05) is 5.69 Å². The van der Waals surface area contributed by atoms with Crippen LogP contribution >= 0.6 is 0 Å². The Balaban J connectivity index is 2.02. The maximum Gasteiger partial charge on any atom is 0.338 e. The van der Waals surface area contributed by atoms with Crippen LogP contribution in [0.4, 0.5) is 5.69 Å². The molecule has 0 saturated heterocycles. The van der Waals surface area contributed by atoms with Crippen LogP contribution in [-0.2, 0) is 9.53 Å². The van der Waals surface area contributed by atoms with Gasteiger partial charge >= 0.3 is 5.97 Å². The van der Waals surface area contributed by atoms with E-state index in [4.69, 9.17) is 9.47 Å². The fourth-order valence-corrected chi connectivity index (χ4v) is 2.50. The molecule has 5 heteroatoms. The number of amides is 1. The molecule has 2 rings (SSSR count). The molecule has 0 unspecified atom stereocenters. The molecule has 1 N–H and O–H groups in total. The average molecular weight is 355 g/mol. The number of methoxy groups -OCH3 is 1. The molecule has 0 aliphatic carbocycles. The molecule has 1 amide bonds. The largest absolute Gasteiger partial charge is 0.497 e. The Hall–Kier alpha value is -2.82. The Bertz CT molecular complexity index is 755. The Morgan fingerprint density at radius 1 is 1.04 bits per heavy atom. The first-order valence-corrected chi connectivity index (χ1v) is 8.71. The molecule has 26 heavy (non-hydrogen) atoms. The van der Waals surface area contributed by atoms with E-state index in [9.17, 15) is 9.59 Å². The third-order valence-electron chi connectivity index (χ3n) is 4.34. The molecule has 2 atom stereocenters. The molecule has 0 bridgehead atoms. The molecule has 5 nitrogen and oxygen atoms in total. The topological polar surface area (TPSA) is 64.6 Å². The van der Waals surface area contributed by atoms with Crippen LogP contribution in [0.15, 0.2) is 48.5 Å². The molecular weight excluding hydrogens is 330 g/mol. The normalized spacial score (nSPS) is 12.8. The summed E-state index contributed by atoms with van der Waals surface area (Å²) in [5.41, 5.74) is 2.18. The molecule has 0 saturated carbocycles. The van der Waals surface area contributed by atoms with E-state index in [2.05, 4.69) is 19.2 Å². The maximum absolute atomic E-state index is 12.4. The summed E-state index contributed by atoms with van der Waals surface area (Å²) in [5, 5.41) is 2.86. The van der Waals surface area contributed by atoms with Gasteiger partial charge in [-0.1, -0.05) is 32.0 Å². The molecule has 0 spiro atoms. The molecule has 0 fully saturated rings. The van der Waals surface area contributed by atoms with Crippen molar-refractivity contribution in [1.29, 1.82) is 0 Å². The number of para-hydroxylation sites is 1. The van der Waals surface area contributed by atoms with Gasteiger partial charge in [0.05, 0.1) is 12.7 Å². The van der Waals surface area contributed by atoms with E-state index in [-0.39, 0.29) is 5.91 Å². The number of rotatable bonds is 7. The summed E-state index contributed by atoms with van der Waals surface area (Å²) in [4.78, 5) is 24.6. The number of hydrogen-bond donors (Lipinski definition) is 1. The zero-order valence-corrected chi connectivity index (χ0v) is 15.6. The van der Waals surface area contributed by atoms with Crippen molar-refractivity contribution < 1.29 is 19.1 Å². The Morgan fingerprint density at radius 3 is 2.31 bits per heavy atom. The minimum Gasteiger partial charge on any atom is -0.497 e. The third kappa shape index (κ3) is 4.85. The monoisotopic (exact) mass is 355 g/mol. The first-order chi connectivity index (χ1) is 12.5. The number of esters is 1. The van der Waals surface area contributed by atoms with Gasteiger partial charge < -0.3 is 14.8 Å². The van der Waals surface area contributed by atoms with E-state index in [1.807, 2.05) is 24.3 Å². The van der Waals surface area contributed by atoms with Gasteiger partial charge in [-0.05, 0) is 55.2 Å². The summed E-state index contributed by atoms with van der Waals surface area (Å²) < 4.78 is 10.3. The summed E-state index contributed by atoms with van der Waals surface area (Å²) in [6.45, 7) is 5.77. The van der Waals surface area contributed by atoms with Gasteiger partial charge in [0.1, 0.15) is 5.75 Å². The number of anilines is 1. The second-order valence-electron chi connectivity index (χ2n) is 6.16. The summed E-state index contributed by atoms with van der Waals surface area (Å²) in [6, 6.07) is 14.2. The lowest BCUT2D eigenvalue weighted by molar-refractivity contribution is -0.123. The molecule has 2 aromatic carbocycles. The van der Waals surface area contributed by atoms with Crippen molar-refractivity contribution in [2.75, 3.05) is 12.4 Å². The maximum atomic E-state index is 12.4. The lowest BCUT2D eigenvalue weighted by atomic mass is 9.97. The number of carbonyl (C=O) groups is 2. The van der Waals surface area contributed by atoms with Crippen LogP contribution in [0.5, 0.6) is 5.75 Å². The lowest BCUT2D eigenvalue weighted by Crippen LogP contribution is -2.30. The van der Waals surface area contributed by atoms with E-state index in [1.54, 1.807) is 38.3 Å². The summed E-state index contributed by atoms with van der Waals surface area (Å²) in [5.74, 6) is 0.0609. The van der Waals surface area contributed by atoms with E-state index in [1.165, 1.54) is 0 Å². The fourth-order valence-electron chi connectivity index (χ4n) is 2.50. The summed E-state index contributed by atoms with van der Waals surface area (Å²) in [6.07, 6.45) is 0.0594. The smallest absolute Gasteiger partial charge is 0.338 e. The number of benzene rings is 2. The molecule has 0 radical (unpaired) electrons. The molecule has 0 heterocycles. The standard InChI is InChI=1S/C21H25NO4/c1-5-14(2)18-8-6-7-9-19(18)22-20(23)15(3)26-21(24)16-10-12-17(25-4)13-11-16/h6-15H,5H2,1-4H3,(H,22,23)/t14-,15-/m0/s1. The van der Waals surface area contributed by atoms with Gasteiger partial charge in [0.2, 0.25) is 0 Å². The third-order valence-corrected chi connectivity index (χ3v) is 4.34. The minimum absolute atomic E-state index is 0.323. The first kappa shape index (κ1) is 19.5. The summed E-state index contributed by atoms with van der Waals surface area (Å²) >= 11 is 0. The molecule has 2 aromatic rings. The molecule has 0 aromatic heterocycles. The van der Waals surface area contributed by atoms with Crippen LogP contribution in [0.25, 0.3) is 0 Å². The van der Waals surface area contributed by atoms with Crippen molar-refractivity contribution >= 4 is 17.6 Å². The van der Waals surface area contributed by atoms with Gasteiger partial charge in [-0.25, -0.2) is 4.79 Å². The number of ether oxygens (including phenoxy) is 2. The SMILES string of the molecule is CC[C@H](C)c1ccccc1NC(=O)[C@H](C)OC(=O)c1ccc(OC)cc1. The molecule has 138 valence electrons. The van der Waals surface area contributed by atoms with Crippen molar-refractivity contribution in [2.24, 2.45) is 0 Å². The van der Waals surface area contributed by atoms with Crippen LogP contribution in [0, 0.1) is 0 Å². The van der Waals surface area contributed by atoms with E-state index >= 15 is 0 Å². The van der Waals surface area contributed by atoms with Gasteiger partial charge in [0.25, 0.3) is 5.91 Å². The fraction of sp³-hybridized carbons (Fsp3) is 0.333. The lowest BCUT2D eigenvalue weighted by Gasteiger charge is -2.18. The number of nitrogens with one attached hydrogen (secondary N) is 1. The van der Waals surface area contributed by atoms with E-state index in [0.29, 0.717) is 17.2 Å². The van der Waals surface area contributed by atoms with Crippen molar-refractivity contribution in [1.82, 2.24) is 0 Å². The van der Waals surface area contributed by atoms with Crippen LogP contribution in [0.1, 0.15) is 49.0 Å². The van der Waals surface area contributed by atoms with Crippen LogP contribution in [-0.4, -0.2) is 25.1 Å². The van der Waals surface area contributed by atoms with Crippen molar-refractivity contribution in [3.8, 4) is 5.75 Å². The van der Waals surface area contributed by atoms with Crippen LogP contribution < -0.4 is 10.1 Å². The van der Waals surface area contributed by atoms with Gasteiger partial charge in [-0.3, -0.25) is 4.79 Å². The predicted molar refractivity (Wildman–Crippen MR) is 102 cm³/mol. The highest BCUT2D eigenvalue weighted by molar-refractivity contribution is 5.97. The van der Waals surface area contributed by atoms with Gasteiger partial charge in [0.15, 0.2) is 6.10 Å². The molecule has 0 aliphatic heterocycles. The number of carbonyl (C=O) groups excluding carboxylic acids is 2. The van der Waals surface area contributed by atoms with E-state index < -0.39 is 12.1 Å². The Labute approximate surface area is 154 Å². The van der Waals surface area contributed by atoms with Crippen molar-refractivity contribution in [3.05, 3.63) is 59.7 Å². The minimum atomic E-state index is -0.908. The first-order valence-electron chi connectivity index (χ1n) is 8.71. The van der Waals surface area contributed by atoms with Gasteiger partial charge in [-0.15, -0.1) is 0 Å². The highest BCUT2D eigenvalue weighted by atomic mass is 16.5. The second kappa shape index (κ2) is 9.04. The second-order valence-corrected chi connectivity index (χ2v) is 6.16. The average Bonchev–Trinajstić information content (AvgIpc) is 2.67. The molecule has 0 aliphatic rings. The van der Waals surface area contributed by atoms with Crippen LogP contribution in [0.3, 0.4) is 0 Å². The van der Waals surface area contributed by atoms with Gasteiger partial charge in [-0.2, -0.15) is 0 Å². The van der Waals surface area contributed by atoms with E-state index in [0.717, 1.165) is 17.7 Å². The quantitative estimate of drug-likeness (QED) is 0.748. The predicted octanol–water partition coefficient (Wildman–Crippen LogP) is 4.39. The summed E-state index contributed by atoms with van der Waals surface area (Å²) in [7, 11) is 1.55. The zero-order chi connectivity index (χ0) is 19.1. The zero-order valence-electron chi connectivity index (χ0n) is 15.6.